The molecule has 0 bridgehead atoms. The van der Waals surface area contributed by atoms with Crippen LogP contribution in [0.2, 0.25) is 5.02 Å². The number of likely N-dealkylation sites (tertiary alicyclic amines) is 1. The number of halogens is 1. The molecule has 104 valence electrons. The molecule has 0 radical (unpaired) electrons. The highest BCUT2D eigenvalue weighted by atomic mass is 35.5. The molecule has 1 aromatic rings. The topological polar surface area (TPSA) is 71.9 Å². The zero-order chi connectivity index (χ0) is 13.8. The van der Waals surface area contributed by atoms with Gasteiger partial charge in [0.2, 0.25) is 5.88 Å². The molecule has 19 heavy (non-hydrogen) atoms. The third-order valence-electron chi connectivity index (χ3n) is 3.08. The molecule has 0 spiro atoms. The maximum atomic E-state index is 11.0. The first-order valence-electron chi connectivity index (χ1n) is 5.94. The summed E-state index contributed by atoms with van der Waals surface area (Å²) in [5.74, 6) is 0.742. The van der Waals surface area contributed by atoms with Crippen molar-refractivity contribution in [2.45, 2.75) is 18.9 Å². The molecule has 2 heterocycles. The lowest BCUT2D eigenvalue weighted by atomic mass is 10.2. The van der Waals surface area contributed by atoms with Gasteiger partial charge in [-0.1, -0.05) is 11.6 Å². The van der Waals surface area contributed by atoms with E-state index in [1.165, 1.54) is 18.2 Å². The lowest BCUT2D eigenvalue weighted by Crippen LogP contribution is -2.38. The Balaban J connectivity index is 2.01. The maximum Gasteiger partial charge on any atom is 0.407 e. The Morgan fingerprint density at radius 3 is 3.16 bits per heavy atom. The van der Waals surface area contributed by atoms with Gasteiger partial charge in [-0.15, -0.1) is 0 Å². The molecule has 1 amide bonds. The van der Waals surface area contributed by atoms with Crippen molar-refractivity contribution in [1.82, 2.24) is 9.88 Å². The molecule has 0 unspecified atom stereocenters. The Morgan fingerprint density at radius 1 is 1.68 bits per heavy atom. The minimum Gasteiger partial charge on any atom is -0.495 e. The fourth-order valence-electron chi connectivity index (χ4n) is 2.10. The summed E-state index contributed by atoms with van der Waals surface area (Å²) in [6.45, 7) is 0.787. The third kappa shape index (κ3) is 3.01. The minimum absolute atomic E-state index is 0.151. The molecular weight excluding hydrogens is 272 g/mol. The van der Waals surface area contributed by atoms with Crippen LogP contribution in [0.15, 0.2) is 12.3 Å². The largest absolute Gasteiger partial charge is 0.495 e. The first kappa shape index (κ1) is 13.7. The standard InChI is InChI=1S/C12H15ClN2O4/c1-18-9-4-5-14-11(10(9)13)19-7-8-3-2-6-15(8)12(16)17/h4-5,8H,2-3,6-7H2,1H3,(H,16,17)/t8-/m1/s1. The van der Waals surface area contributed by atoms with Gasteiger partial charge < -0.3 is 19.5 Å². The van der Waals surface area contributed by atoms with Crippen LogP contribution < -0.4 is 9.47 Å². The number of amides is 1. The van der Waals surface area contributed by atoms with E-state index in [0.717, 1.165) is 12.8 Å². The van der Waals surface area contributed by atoms with Crippen molar-refractivity contribution >= 4 is 17.7 Å². The van der Waals surface area contributed by atoms with Crippen molar-refractivity contribution in [3.63, 3.8) is 0 Å². The molecule has 1 aromatic heterocycles. The summed E-state index contributed by atoms with van der Waals surface area (Å²) in [7, 11) is 1.51. The molecule has 1 aliphatic rings. The van der Waals surface area contributed by atoms with E-state index in [1.54, 1.807) is 6.07 Å². The highest BCUT2D eigenvalue weighted by molar-refractivity contribution is 6.33. The van der Waals surface area contributed by atoms with Gasteiger partial charge in [-0.25, -0.2) is 9.78 Å². The molecule has 0 saturated carbocycles. The molecular formula is C12H15ClN2O4. The van der Waals surface area contributed by atoms with Gasteiger partial charge in [0.25, 0.3) is 0 Å². The SMILES string of the molecule is COc1ccnc(OC[C@H]2CCCN2C(=O)O)c1Cl. The number of hydrogen-bond acceptors (Lipinski definition) is 4. The van der Waals surface area contributed by atoms with Gasteiger partial charge in [0.1, 0.15) is 17.4 Å². The van der Waals surface area contributed by atoms with Crippen LogP contribution in [-0.4, -0.2) is 47.4 Å². The summed E-state index contributed by atoms with van der Waals surface area (Å²) in [6, 6.07) is 1.48. The van der Waals surface area contributed by atoms with Crippen molar-refractivity contribution in [3.8, 4) is 11.6 Å². The quantitative estimate of drug-likeness (QED) is 0.919. The van der Waals surface area contributed by atoms with Gasteiger partial charge in [-0.05, 0) is 12.8 Å². The number of methoxy groups -OCH3 is 1. The molecule has 1 N–H and O–H groups in total. The van der Waals surface area contributed by atoms with Crippen LogP contribution in [0.5, 0.6) is 11.6 Å². The normalized spacial score (nSPS) is 18.4. The second-order valence-electron chi connectivity index (χ2n) is 4.22. The van der Waals surface area contributed by atoms with Crippen molar-refractivity contribution in [3.05, 3.63) is 17.3 Å². The van der Waals surface area contributed by atoms with Crippen LogP contribution in [0, 0.1) is 0 Å². The number of rotatable bonds is 4. The van der Waals surface area contributed by atoms with E-state index < -0.39 is 6.09 Å². The molecule has 0 aromatic carbocycles. The minimum atomic E-state index is -0.921. The monoisotopic (exact) mass is 286 g/mol. The number of ether oxygens (including phenoxy) is 2. The predicted molar refractivity (Wildman–Crippen MR) is 69.0 cm³/mol. The summed E-state index contributed by atoms with van der Waals surface area (Å²) in [5.41, 5.74) is 0. The van der Waals surface area contributed by atoms with Crippen LogP contribution in [0.1, 0.15) is 12.8 Å². The van der Waals surface area contributed by atoms with Crippen LogP contribution in [0.4, 0.5) is 4.79 Å². The molecule has 2 rings (SSSR count). The summed E-state index contributed by atoms with van der Waals surface area (Å²) in [4.78, 5) is 16.4. The van der Waals surface area contributed by atoms with Crippen LogP contribution in [0.25, 0.3) is 0 Å². The molecule has 1 aliphatic heterocycles. The lowest BCUT2D eigenvalue weighted by Gasteiger charge is -2.21. The first-order valence-corrected chi connectivity index (χ1v) is 6.32. The Kier molecular flexibility index (Phi) is 4.31. The molecule has 1 fully saturated rings. The number of nitrogens with zero attached hydrogens (tertiary/aromatic N) is 2. The average molecular weight is 287 g/mol. The first-order chi connectivity index (χ1) is 9.13. The number of carboxylic acid groups (broad SMARTS) is 1. The van der Waals surface area contributed by atoms with Crippen LogP contribution in [0.3, 0.4) is 0 Å². The Bertz CT molecular complexity index is 469. The third-order valence-corrected chi connectivity index (χ3v) is 3.42. The number of hydrogen-bond donors (Lipinski definition) is 1. The van der Waals surface area contributed by atoms with Crippen LogP contribution >= 0.6 is 11.6 Å². The Morgan fingerprint density at radius 2 is 2.47 bits per heavy atom. The molecule has 6 nitrogen and oxygen atoms in total. The summed E-state index contributed by atoms with van der Waals surface area (Å²) in [6.07, 6.45) is 2.24. The molecule has 0 aliphatic carbocycles. The van der Waals surface area contributed by atoms with E-state index >= 15 is 0 Å². The summed E-state index contributed by atoms with van der Waals surface area (Å²) < 4.78 is 10.6. The van der Waals surface area contributed by atoms with Crippen LogP contribution in [-0.2, 0) is 0 Å². The fraction of sp³-hybridized carbons (Fsp3) is 0.500. The van der Waals surface area contributed by atoms with Gasteiger partial charge in [-0.3, -0.25) is 0 Å². The zero-order valence-corrected chi connectivity index (χ0v) is 11.3. The molecule has 7 heteroatoms. The van der Waals surface area contributed by atoms with Gasteiger partial charge >= 0.3 is 6.09 Å². The Hall–Kier alpha value is -1.69. The predicted octanol–water partition coefficient (Wildman–Crippen LogP) is 2.26. The van der Waals surface area contributed by atoms with E-state index in [0.29, 0.717) is 17.3 Å². The second-order valence-corrected chi connectivity index (χ2v) is 4.59. The molecule has 1 saturated heterocycles. The summed E-state index contributed by atoms with van der Waals surface area (Å²) >= 11 is 6.05. The van der Waals surface area contributed by atoms with E-state index in [-0.39, 0.29) is 18.5 Å². The maximum absolute atomic E-state index is 11.0. The van der Waals surface area contributed by atoms with E-state index in [1.807, 2.05) is 0 Å². The number of aromatic nitrogens is 1. The van der Waals surface area contributed by atoms with Crippen molar-refractivity contribution < 1.29 is 19.4 Å². The zero-order valence-electron chi connectivity index (χ0n) is 10.5. The van der Waals surface area contributed by atoms with Crippen molar-refractivity contribution in [1.29, 1.82) is 0 Å². The smallest absolute Gasteiger partial charge is 0.407 e. The van der Waals surface area contributed by atoms with Gasteiger partial charge in [-0.2, -0.15) is 0 Å². The Labute approximate surface area is 115 Å². The highest BCUT2D eigenvalue weighted by Crippen LogP contribution is 2.31. The van der Waals surface area contributed by atoms with Crippen molar-refractivity contribution in [2.24, 2.45) is 0 Å². The van der Waals surface area contributed by atoms with Gasteiger partial charge in [0.15, 0.2) is 0 Å². The van der Waals surface area contributed by atoms with Crippen molar-refractivity contribution in [2.75, 3.05) is 20.3 Å². The van der Waals surface area contributed by atoms with E-state index in [4.69, 9.17) is 26.2 Å². The average Bonchev–Trinajstić information content (AvgIpc) is 2.86. The lowest BCUT2D eigenvalue weighted by molar-refractivity contribution is 0.122. The van der Waals surface area contributed by atoms with Gasteiger partial charge in [0.05, 0.1) is 13.2 Å². The number of carbonyl (C=O) groups is 1. The highest BCUT2D eigenvalue weighted by Gasteiger charge is 2.29. The second kappa shape index (κ2) is 5.97. The van der Waals surface area contributed by atoms with E-state index in [2.05, 4.69) is 4.98 Å². The summed E-state index contributed by atoms with van der Waals surface area (Å²) in [5, 5.41) is 9.32. The fourth-order valence-corrected chi connectivity index (χ4v) is 2.35. The number of pyridine rings is 1. The van der Waals surface area contributed by atoms with E-state index in [9.17, 15) is 4.79 Å². The van der Waals surface area contributed by atoms with Gasteiger partial charge in [0, 0.05) is 18.8 Å². The molecule has 1 atom stereocenters.